The highest BCUT2D eigenvalue weighted by Gasteiger charge is 2.36. The molecule has 0 saturated carbocycles. The fourth-order valence-corrected chi connectivity index (χ4v) is 4.05. The molecule has 2 N–H and O–H groups in total. The molecule has 9 heteroatoms. The van der Waals surface area contributed by atoms with E-state index in [9.17, 15) is 28.3 Å². The molecule has 7 nitrogen and oxygen atoms in total. The van der Waals surface area contributed by atoms with E-state index in [4.69, 9.17) is 0 Å². The number of pyridine rings is 1. The summed E-state index contributed by atoms with van der Waals surface area (Å²) in [5, 5.41) is 12.8. The van der Waals surface area contributed by atoms with Crippen molar-refractivity contribution < 1.29 is 23.5 Å². The fraction of sp³-hybridized carbons (Fsp3) is 0.318. The van der Waals surface area contributed by atoms with E-state index in [0.717, 1.165) is 17.7 Å². The van der Waals surface area contributed by atoms with E-state index in [1.54, 1.807) is 4.90 Å². The van der Waals surface area contributed by atoms with Crippen molar-refractivity contribution in [2.75, 3.05) is 13.1 Å². The van der Waals surface area contributed by atoms with E-state index >= 15 is 0 Å². The van der Waals surface area contributed by atoms with Gasteiger partial charge in [-0.3, -0.25) is 14.4 Å². The van der Waals surface area contributed by atoms with Gasteiger partial charge < -0.3 is 19.9 Å². The van der Waals surface area contributed by atoms with Crippen LogP contribution in [0.3, 0.4) is 0 Å². The van der Waals surface area contributed by atoms with Gasteiger partial charge in [-0.05, 0) is 38.0 Å². The first-order valence-corrected chi connectivity index (χ1v) is 9.83. The van der Waals surface area contributed by atoms with Crippen LogP contribution >= 0.6 is 0 Å². The third-order valence-corrected chi connectivity index (χ3v) is 5.66. The molecule has 2 amide bonds. The summed E-state index contributed by atoms with van der Waals surface area (Å²) in [6.45, 7) is 3.74. The quantitative estimate of drug-likeness (QED) is 0.733. The molecule has 0 fully saturated rings. The third-order valence-electron chi connectivity index (χ3n) is 5.66. The molecule has 3 heterocycles. The minimum absolute atomic E-state index is 0.156. The van der Waals surface area contributed by atoms with Gasteiger partial charge in [-0.25, -0.2) is 8.78 Å². The number of benzene rings is 1. The molecule has 1 aromatic carbocycles. The van der Waals surface area contributed by atoms with Gasteiger partial charge in [0.2, 0.25) is 5.43 Å². The number of hydrogen-bond donors (Lipinski definition) is 2. The molecule has 31 heavy (non-hydrogen) atoms. The number of aryl methyl sites for hydroxylation is 1. The van der Waals surface area contributed by atoms with Crippen molar-refractivity contribution in [1.82, 2.24) is 14.8 Å². The second-order valence-corrected chi connectivity index (χ2v) is 7.99. The van der Waals surface area contributed by atoms with Crippen molar-refractivity contribution in [3.8, 4) is 5.75 Å². The third kappa shape index (κ3) is 3.60. The van der Waals surface area contributed by atoms with E-state index < -0.39 is 46.7 Å². The summed E-state index contributed by atoms with van der Waals surface area (Å²) in [4.78, 5) is 39.6. The molecule has 4 rings (SSSR count). The van der Waals surface area contributed by atoms with Crippen LogP contribution in [0.25, 0.3) is 0 Å². The standard InChI is InChI=1S/C22H21F2N3O4/c1-11-3-4-13-9-26(8-11)22(31)18-20(29)19(28)15(10-27(13)18)21(30)25-7-14-16(23)5-12(2)6-17(14)24/h3,5-6,10,13,29H,4,7-9H2,1-2H3,(H,25,30). The zero-order valence-electron chi connectivity index (χ0n) is 17.0. The first-order chi connectivity index (χ1) is 14.7. The summed E-state index contributed by atoms with van der Waals surface area (Å²) in [6.07, 6.45) is 3.78. The van der Waals surface area contributed by atoms with Gasteiger partial charge >= 0.3 is 0 Å². The molecule has 0 spiro atoms. The van der Waals surface area contributed by atoms with Crippen LogP contribution < -0.4 is 10.7 Å². The fourth-order valence-electron chi connectivity index (χ4n) is 4.05. The molecule has 0 saturated heterocycles. The van der Waals surface area contributed by atoms with E-state index in [-0.39, 0.29) is 17.3 Å². The average molecular weight is 429 g/mol. The van der Waals surface area contributed by atoms with Crippen molar-refractivity contribution in [1.29, 1.82) is 0 Å². The van der Waals surface area contributed by atoms with Crippen molar-refractivity contribution in [3.05, 3.63) is 74.2 Å². The van der Waals surface area contributed by atoms with Crippen LogP contribution in [0.15, 0.2) is 34.8 Å². The Labute approximate surface area is 176 Å². The lowest BCUT2D eigenvalue weighted by molar-refractivity contribution is 0.0684. The number of nitrogens with zero attached hydrogens (tertiary/aromatic N) is 2. The summed E-state index contributed by atoms with van der Waals surface area (Å²) in [7, 11) is 0. The predicted octanol–water partition coefficient (Wildman–Crippen LogP) is 2.42. The average Bonchev–Trinajstić information content (AvgIpc) is 2.87. The van der Waals surface area contributed by atoms with Crippen LogP contribution in [0, 0.1) is 18.6 Å². The minimum atomic E-state index is -1.01. The summed E-state index contributed by atoms with van der Waals surface area (Å²) < 4.78 is 29.5. The number of allylic oxidation sites excluding steroid dienone is 1. The lowest BCUT2D eigenvalue weighted by atomic mass is 10.1. The normalized spacial score (nSPS) is 17.7. The second-order valence-electron chi connectivity index (χ2n) is 7.99. The molecule has 162 valence electrons. The van der Waals surface area contributed by atoms with E-state index in [0.29, 0.717) is 25.1 Å². The van der Waals surface area contributed by atoms with Gasteiger partial charge in [0.15, 0.2) is 11.4 Å². The maximum atomic E-state index is 14.0. The van der Waals surface area contributed by atoms with Gasteiger partial charge in [0.05, 0.1) is 6.04 Å². The maximum Gasteiger partial charge on any atom is 0.274 e. The maximum absolute atomic E-state index is 14.0. The molecule has 0 aliphatic carbocycles. The monoisotopic (exact) mass is 429 g/mol. The number of rotatable bonds is 3. The Balaban J connectivity index is 1.68. The smallest absolute Gasteiger partial charge is 0.274 e. The lowest BCUT2D eigenvalue weighted by Crippen LogP contribution is -2.44. The molecule has 2 bridgehead atoms. The number of fused-ring (bicyclic) bond motifs is 4. The molecular weight excluding hydrogens is 408 g/mol. The van der Waals surface area contributed by atoms with Gasteiger partial charge in [0.25, 0.3) is 11.8 Å². The summed E-state index contributed by atoms with van der Waals surface area (Å²) >= 11 is 0. The number of hydrogen-bond acceptors (Lipinski definition) is 4. The van der Waals surface area contributed by atoms with Crippen molar-refractivity contribution >= 4 is 11.8 Å². The number of aromatic hydroxyl groups is 1. The SMILES string of the molecule is CC1=CCC2CN(C1)C(=O)c1c(O)c(=O)c(C(=O)NCc3c(F)cc(C)cc3F)cn12. The Morgan fingerprint density at radius 1 is 1.23 bits per heavy atom. The van der Waals surface area contributed by atoms with E-state index in [1.165, 1.54) is 17.7 Å². The van der Waals surface area contributed by atoms with E-state index in [1.807, 2.05) is 13.0 Å². The van der Waals surface area contributed by atoms with Crippen LogP contribution in [0.4, 0.5) is 8.78 Å². The summed E-state index contributed by atoms with van der Waals surface area (Å²) in [5.74, 6) is -3.82. The van der Waals surface area contributed by atoms with Crippen LogP contribution in [-0.4, -0.2) is 39.5 Å². The highest BCUT2D eigenvalue weighted by Crippen LogP contribution is 2.31. The lowest BCUT2D eigenvalue weighted by Gasteiger charge is -2.34. The zero-order valence-corrected chi connectivity index (χ0v) is 17.0. The Morgan fingerprint density at radius 2 is 1.90 bits per heavy atom. The molecule has 0 radical (unpaired) electrons. The highest BCUT2D eigenvalue weighted by atomic mass is 19.1. The Kier molecular flexibility index (Phi) is 5.12. The Hall–Kier alpha value is -3.49. The van der Waals surface area contributed by atoms with Gasteiger partial charge in [-0.1, -0.05) is 11.6 Å². The molecule has 2 aliphatic heterocycles. The highest BCUT2D eigenvalue weighted by molar-refractivity contribution is 5.99. The number of amides is 2. The number of aromatic nitrogens is 1. The first-order valence-electron chi connectivity index (χ1n) is 9.83. The van der Waals surface area contributed by atoms with Crippen molar-refractivity contribution in [2.45, 2.75) is 32.9 Å². The van der Waals surface area contributed by atoms with Crippen molar-refractivity contribution in [2.24, 2.45) is 0 Å². The molecule has 1 aromatic heterocycles. The largest absolute Gasteiger partial charge is 0.503 e. The predicted molar refractivity (Wildman–Crippen MR) is 108 cm³/mol. The molecule has 2 aromatic rings. The van der Waals surface area contributed by atoms with Gasteiger partial charge in [0.1, 0.15) is 17.2 Å². The number of carbonyl (C=O) groups is 2. The van der Waals surface area contributed by atoms with Crippen LogP contribution in [-0.2, 0) is 6.54 Å². The van der Waals surface area contributed by atoms with Crippen LogP contribution in [0.2, 0.25) is 0 Å². The number of nitrogens with one attached hydrogen (secondary N) is 1. The van der Waals surface area contributed by atoms with Crippen LogP contribution in [0.1, 0.15) is 51.4 Å². The van der Waals surface area contributed by atoms with Gasteiger partial charge in [-0.2, -0.15) is 0 Å². The number of carbonyl (C=O) groups excluding carboxylic acids is 2. The Bertz CT molecular complexity index is 1180. The van der Waals surface area contributed by atoms with Gasteiger partial charge in [0, 0.05) is 31.4 Å². The van der Waals surface area contributed by atoms with Gasteiger partial charge in [-0.15, -0.1) is 0 Å². The topological polar surface area (TPSA) is 91.6 Å². The molecule has 1 unspecified atom stereocenters. The van der Waals surface area contributed by atoms with Crippen molar-refractivity contribution in [3.63, 3.8) is 0 Å². The second kappa shape index (κ2) is 7.64. The Morgan fingerprint density at radius 3 is 2.58 bits per heavy atom. The number of halogens is 2. The summed E-state index contributed by atoms with van der Waals surface area (Å²) in [5.41, 5.74) is -0.514. The van der Waals surface area contributed by atoms with E-state index in [2.05, 4.69) is 5.32 Å². The zero-order chi connectivity index (χ0) is 22.4. The first kappa shape index (κ1) is 20.8. The minimum Gasteiger partial charge on any atom is -0.503 e. The van der Waals surface area contributed by atoms with Crippen LogP contribution in [0.5, 0.6) is 5.75 Å². The molecule has 2 aliphatic rings. The molecular formula is C22H21F2N3O4. The molecule has 1 atom stereocenters. The summed E-state index contributed by atoms with van der Waals surface area (Å²) in [6, 6.07) is 2.03.